The van der Waals surface area contributed by atoms with Gasteiger partial charge in [-0.05, 0) is 30.5 Å². The van der Waals surface area contributed by atoms with E-state index in [1.807, 2.05) is 0 Å². The first-order chi connectivity index (χ1) is 9.67. The van der Waals surface area contributed by atoms with Crippen molar-refractivity contribution < 1.29 is 9.53 Å². The van der Waals surface area contributed by atoms with E-state index in [2.05, 4.69) is 15.3 Å². The number of nitrogens with zero attached hydrogens (tertiary/aromatic N) is 3. The maximum Gasteiger partial charge on any atom is 0.224 e. The third-order valence-electron chi connectivity index (χ3n) is 2.66. The minimum atomic E-state index is -0.0746. The quantitative estimate of drug-likeness (QED) is 0.338. The van der Waals surface area contributed by atoms with Gasteiger partial charge in [-0.1, -0.05) is 23.1 Å². The van der Waals surface area contributed by atoms with Gasteiger partial charge in [-0.3, -0.25) is 4.79 Å². The number of nitrogens with one attached hydrogen (secondary N) is 1. The molecule has 20 heavy (non-hydrogen) atoms. The summed E-state index contributed by atoms with van der Waals surface area (Å²) >= 11 is 5.85. The molecule has 0 atom stereocenters. The van der Waals surface area contributed by atoms with Crippen molar-refractivity contribution in [2.75, 3.05) is 19.0 Å². The van der Waals surface area contributed by atoms with Crippen LogP contribution in [0.1, 0.15) is 25.7 Å². The second-order valence-corrected chi connectivity index (χ2v) is 4.59. The maximum absolute atomic E-state index is 11.8. The van der Waals surface area contributed by atoms with E-state index in [0.717, 1.165) is 19.3 Å². The fourth-order valence-electron chi connectivity index (χ4n) is 1.67. The van der Waals surface area contributed by atoms with E-state index >= 15 is 0 Å². The highest BCUT2D eigenvalue weighted by Gasteiger charge is 2.07. The Kier molecular flexibility index (Phi) is 7.32. The highest BCUT2D eigenvalue weighted by atomic mass is 35.5. The summed E-state index contributed by atoms with van der Waals surface area (Å²) in [5.74, 6) is 0.462. The first-order valence-electron chi connectivity index (χ1n) is 6.31. The second kappa shape index (κ2) is 9.07. The number of unbranched alkanes of at least 4 members (excludes halogenated alkanes) is 2. The third-order valence-corrected chi connectivity index (χ3v) is 2.90. The van der Waals surface area contributed by atoms with Crippen molar-refractivity contribution in [3.05, 3.63) is 33.7 Å². The summed E-state index contributed by atoms with van der Waals surface area (Å²) in [5.41, 5.74) is 8.72. The minimum absolute atomic E-state index is 0.0746. The standard InChI is InChI=1S/C13H17ClN4O2/c1-20-12-9-10(14)6-7-11(12)17-13(19)5-3-2-4-8-16-18-15/h6-7,9H,2-5,8H2,1H3,(H,17,19). The molecule has 0 aliphatic carbocycles. The summed E-state index contributed by atoms with van der Waals surface area (Å²) in [6.45, 7) is 0.475. The highest BCUT2D eigenvalue weighted by molar-refractivity contribution is 6.30. The number of rotatable bonds is 8. The largest absolute Gasteiger partial charge is 0.495 e. The number of hydrogen-bond donors (Lipinski definition) is 1. The van der Waals surface area contributed by atoms with Crippen molar-refractivity contribution >= 4 is 23.2 Å². The predicted molar refractivity (Wildman–Crippen MR) is 79.1 cm³/mol. The summed E-state index contributed by atoms with van der Waals surface area (Å²) in [6.07, 6.45) is 2.82. The summed E-state index contributed by atoms with van der Waals surface area (Å²) in [6, 6.07) is 5.05. The van der Waals surface area contributed by atoms with Crippen molar-refractivity contribution in [1.29, 1.82) is 0 Å². The van der Waals surface area contributed by atoms with E-state index in [0.29, 0.717) is 29.4 Å². The van der Waals surface area contributed by atoms with Crippen LogP contribution in [0.25, 0.3) is 10.4 Å². The summed E-state index contributed by atoms with van der Waals surface area (Å²) in [5, 5.41) is 6.78. The number of amides is 1. The minimum Gasteiger partial charge on any atom is -0.495 e. The Hall–Kier alpha value is -1.91. The smallest absolute Gasteiger partial charge is 0.224 e. The van der Waals surface area contributed by atoms with Gasteiger partial charge in [0.05, 0.1) is 12.8 Å². The lowest BCUT2D eigenvalue weighted by atomic mass is 10.2. The van der Waals surface area contributed by atoms with Crippen LogP contribution >= 0.6 is 11.6 Å². The number of ether oxygens (including phenoxy) is 1. The number of benzene rings is 1. The van der Waals surface area contributed by atoms with E-state index in [4.69, 9.17) is 21.9 Å². The molecule has 0 unspecified atom stereocenters. The lowest BCUT2D eigenvalue weighted by Crippen LogP contribution is -2.11. The summed E-state index contributed by atoms with van der Waals surface area (Å²) in [7, 11) is 1.52. The topological polar surface area (TPSA) is 87.1 Å². The number of halogens is 1. The molecule has 6 nitrogen and oxygen atoms in total. The molecule has 0 spiro atoms. The molecular weight excluding hydrogens is 280 g/mol. The van der Waals surface area contributed by atoms with E-state index in [1.54, 1.807) is 18.2 Å². The van der Waals surface area contributed by atoms with Crippen molar-refractivity contribution in [3.8, 4) is 5.75 Å². The Balaban J connectivity index is 2.37. The molecule has 1 amide bonds. The highest BCUT2D eigenvalue weighted by Crippen LogP contribution is 2.27. The average Bonchev–Trinajstić information content (AvgIpc) is 2.44. The van der Waals surface area contributed by atoms with Gasteiger partial charge in [0, 0.05) is 29.0 Å². The van der Waals surface area contributed by atoms with Gasteiger partial charge in [0.15, 0.2) is 0 Å². The van der Waals surface area contributed by atoms with Crippen LogP contribution < -0.4 is 10.1 Å². The van der Waals surface area contributed by atoms with Crippen molar-refractivity contribution in [1.82, 2.24) is 0 Å². The van der Waals surface area contributed by atoms with E-state index in [9.17, 15) is 4.79 Å². The Labute approximate surface area is 122 Å². The van der Waals surface area contributed by atoms with Gasteiger partial charge < -0.3 is 10.1 Å². The first kappa shape index (κ1) is 16.1. The number of carbonyl (C=O) groups excluding carboxylic acids is 1. The van der Waals surface area contributed by atoms with Gasteiger partial charge in [-0.15, -0.1) is 0 Å². The van der Waals surface area contributed by atoms with E-state index < -0.39 is 0 Å². The molecule has 0 aromatic heterocycles. The molecule has 108 valence electrons. The molecule has 1 rings (SSSR count). The molecular formula is C13H17ClN4O2. The molecule has 1 aromatic rings. The van der Waals surface area contributed by atoms with Gasteiger partial charge in [0.25, 0.3) is 0 Å². The zero-order valence-corrected chi connectivity index (χ0v) is 12.1. The first-order valence-corrected chi connectivity index (χ1v) is 6.69. The molecule has 7 heteroatoms. The zero-order chi connectivity index (χ0) is 14.8. The molecule has 0 fully saturated rings. The molecule has 0 radical (unpaired) electrons. The molecule has 1 N–H and O–H groups in total. The molecule has 0 saturated carbocycles. The lowest BCUT2D eigenvalue weighted by Gasteiger charge is -2.10. The van der Waals surface area contributed by atoms with E-state index in [-0.39, 0.29) is 5.91 Å². The SMILES string of the molecule is COc1cc(Cl)ccc1NC(=O)CCCCCN=[N+]=[N-]. The third kappa shape index (κ3) is 5.82. The van der Waals surface area contributed by atoms with Crippen LogP contribution in [0.15, 0.2) is 23.3 Å². The second-order valence-electron chi connectivity index (χ2n) is 4.16. The molecule has 0 bridgehead atoms. The molecule has 0 aliphatic rings. The van der Waals surface area contributed by atoms with Gasteiger partial charge in [0.1, 0.15) is 5.75 Å². The van der Waals surface area contributed by atoms with Gasteiger partial charge in [0.2, 0.25) is 5.91 Å². The van der Waals surface area contributed by atoms with Gasteiger partial charge in [-0.2, -0.15) is 0 Å². The zero-order valence-electron chi connectivity index (χ0n) is 11.3. The van der Waals surface area contributed by atoms with Crippen LogP contribution in [-0.4, -0.2) is 19.6 Å². The maximum atomic E-state index is 11.8. The van der Waals surface area contributed by atoms with Gasteiger partial charge >= 0.3 is 0 Å². The summed E-state index contributed by atoms with van der Waals surface area (Å²) in [4.78, 5) is 14.4. The number of azide groups is 1. The van der Waals surface area contributed by atoms with Crippen LogP contribution in [0.2, 0.25) is 5.02 Å². The summed E-state index contributed by atoms with van der Waals surface area (Å²) < 4.78 is 5.15. The van der Waals surface area contributed by atoms with Crippen molar-refractivity contribution in [2.24, 2.45) is 5.11 Å². The monoisotopic (exact) mass is 296 g/mol. The number of methoxy groups -OCH3 is 1. The van der Waals surface area contributed by atoms with Crippen LogP contribution in [0.4, 0.5) is 5.69 Å². The lowest BCUT2D eigenvalue weighted by molar-refractivity contribution is -0.116. The molecule has 0 aliphatic heterocycles. The molecule has 0 heterocycles. The van der Waals surface area contributed by atoms with Crippen molar-refractivity contribution in [2.45, 2.75) is 25.7 Å². The number of carbonyl (C=O) groups is 1. The Morgan fingerprint density at radius 2 is 2.25 bits per heavy atom. The number of anilines is 1. The average molecular weight is 297 g/mol. The Morgan fingerprint density at radius 3 is 2.95 bits per heavy atom. The molecule has 0 saturated heterocycles. The normalized spacial score (nSPS) is 9.70. The fraction of sp³-hybridized carbons (Fsp3) is 0.462. The predicted octanol–water partition coefficient (Wildman–Crippen LogP) is 4.16. The van der Waals surface area contributed by atoms with Crippen LogP contribution in [0.5, 0.6) is 5.75 Å². The van der Waals surface area contributed by atoms with Crippen molar-refractivity contribution in [3.63, 3.8) is 0 Å². The number of hydrogen-bond acceptors (Lipinski definition) is 3. The fourth-order valence-corrected chi connectivity index (χ4v) is 1.83. The van der Waals surface area contributed by atoms with E-state index in [1.165, 1.54) is 7.11 Å². The molecule has 1 aromatic carbocycles. The van der Waals surface area contributed by atoms with Crippen LogP contribution in [0.3, 0.4) is 0 Å². The van der Waals surface area contributed by atoms with Crippen LogP contribution in [-0.2, 0) is 4.79 Å². The van der Waals surface area contributed by atoms with Gasteiger partial charge in [-0.25, -0.2) is 0 Å². The van der Waals surface area contributed by atoms with Crippen LogP contribution in [0, 0.1) is 0 Å². The Bertz CT molecular complexity index is 501. The Morgan fingerprint density at radius 1 is 1.45 bits per heavy atom.